The second kappa shape index (κ2) is 5.94. The molecule has 0 bridgehead atoms. The summed E-state index contributed by atoms with van der Waals surface area (Å²) in [4.78, 5) is 4.36. The van der Waals surface area contributed by atoms with Crippen LogP contribution in [0.1, 0.15) is 11.1 Å². The van der Waals surface area contributed by atoms with Gasteiger partial charge in [0.15, 0.2) is 0 Å². The molecule has 106 valence electrons. The van der Waals surface area contributed by atoms with Crippen LogP contribution in [0.25, 0.3) is 10.9 Å². The summed E-state index contributed by atoms with van der Waals surface area (Å²) in [6, 6.07) is 16.2. The van der Waals surface area contributed by atoms with Crippen LogP contribution in [-0.2, 0) is 6.42 Å². The largest absolute Gasteiger partial charge is 0.457 e. The molecule has 0 saturated heterocycles. The Bertz CT molecular complexity index is 768. The van der Waals surface area contributed by atoms with Gasteiger partial charge in [0.05, 0.1) is 5.52 Å². The number of fused-ring (bicyclic) bond motifs is 1. The molecule has 0 amide bonds. The first-order chi connectivity index (χ1) is 10.3. The van der Waals surface area contributed by atoms with Crippen LogP contribution in [0, 0.1) is 6.92 Å². The molecule has 1 heterocycles. The molecule has 21 heavy (non-hydrogen) atoms. The number of ether oxygens (including phenoxy) is 1. The lowest BCUT2D eigenvalue weighted by atomic mass is 10.1. The van der Waals surface area contributed by atoms with Crippen LogP contribution in [0.15, 0.2) is 54.7 Å². The predicted molar refractivity (Wildman–Crippen MR) is 85.8 cm³/mol. The smallest absolute Gasteiger partial charge is 0.130 e. The second-order valence-corrected chi connectivity index (χ2v) is 5.10. The molecule has 3 heteroatoms. The minimum absolute atomic E-state index is 0.641. The number of benzene rings is 2. The summed E-state index contributed by atoms with van der Waals surface area (Å²) in [5.41, 5.74) is 8.85. The Morgan fingerprint density at radius 1 is 1.10 bits per heavy atom. The van der Waals surface area contributed by atoms with E-state index in [0.29, 0.717) is 6.54 Å². The zero-order valence-electron chi connectivity index (χ0n) is 12.0. The van der Waals surface area contributed by atoms with Crippen molar-refractivity contribution in [1.29, 1.82) is 0 Å². The fourth-order valence-corrected chi connectivity index (χ4v) is 2.31. The molecule has 2 aromatic carbocycles. The molecule has 0 saturated carbocycles. The number of pyridine rings is 1. The van der Waals surface area contributed by atoms with Gasteiger partial charge in [0, 0.05) is 17.6 Å². The highest BCUT2D eigenvalue weighted by Crippen LogP contribution is 2.28. The summed E-state index contributed by atoms with van der Waals surface area (Å²) in [7, 11) is 0. The SMILES string of the molecule is Cc1ccc(CCN)cc1Oc1ccc2cccnc2c1. The molecule has 0 unspecified atom stereocenters. The molecule has 0 radical (unpaired) electrons. The van der Waals surface area contributed by atoms with Crippen LogP contribution in [-0.4, -0.2) is 11.5 Å². The molecule has 2 N–H and O–H groups in total. The van der Waals surface area contributed by atoms with Gasteiger partial charge in [-0.15, -0.1) is 0 Å². The van der Waals surface area contributed by atoms with Gasteiger partial charge in [0.2, 0.25) is 0 Å². The second-order valence-electron chi connectivity index (χ2n) is 5.10. The predicted octanol–water partition coefficient (Wildman–Crippen LogP) is 3.84. The van der Waals surface area contributed by atoms with Gasteiger partial charge in [-0.25, -0.2) is 0 Å². The van der Waals surface area contributed by atoms with Crippen molar-refractivity contribution in [3.05, 3.63) is 65.9 Å². The van der Waals surface area contributed by atoms with Crippen molar-refractivity contribution in [1.82, 2.24) is 4.98 Å². The first-order valence-electron chi connectivity index (χ1n) is 7.08. The number of aryl methyl sites for hydroxylation is 1. The summed E-state index contributed by atoms with van der Waals surface area (Å²) in [6.45, 7) is 2.68. The topological polar surface area (TPSA) is 48.1 Å². The zero-order chi connectivity index (χ0) is 14.7. The van der Waals surface area contributed by atoms with Crippen LogP contribution in [0.4, 0.5) is 0 Å². The van der Waals surface area contributed by atoms with Crippen molar-refractivity contribution in [3.8, 4) is 11.5 Å². The van der Waals surface area contributed by atoms with Crippen molar-refractivity contribution in [2.24, 2.45) is 5.73 Å². The molecule has 3 aromatic rings. The maximum Gasteiger partial charge on any atom is 0.130 e. The Labute approximate surface area is 124 Å². The zero-order valence-corrected chi connectivity index (χ0v) is 12.0. The Hall–Kier alpha value is -2.39. The van der Waals surface area contributed by atoms with E-state index in [9.17, 15) is 0 Å². The van der Waals surface area contributed by atoms with E-state index in [0.717, 1.165) is 34.4 Å². The lowest BCUT2D eigenvalue weighted by Gasteiger charge is -2.11. The molecule has 0 atom stereocenters. The normalized spacial score (nSPS) is 10.8. The van der Waals surface area contributed by atoms with Gasteiger partial charge < -0.3 is 10.5 Å². The molecule has 3 rings (SSSR count). The van der Waals surface area contributed by atoms with E-state index < -0.39 is 0 Å². The molecular formula is C18H18N2O. The Kier molecular flexibility index (Phi) is 3.84. The maximum atomic E-state index is 6.02. The average molecular weight is 278 g/mol. The van der Waals surface area contributed by atoms with E-state index in [-0.39, 0.29) is 0 Å². The van der Waals surface area contributed by atoms with Gasteiger partial charge in [-0.05, 0) is 55.3 Å². The average Bonchev–Trinajstić information content (AvgIpc) is 2.51. The highest BCUT2D eigenvalue weighted by molar-refractivity contribution is 5.79. The van der Waals surface area contributed by atoms with E-state index in [1.165, 1.54) is 5.56 Å². The number of hydrogen-bond acceptors (Lipinski definition) is 3. The minimum Gasteiger partial charge on any atom is -0.457 e. The Morgan fingerprint density at radius 3 is 2.86 bits per heavy atom. The summed E-state index contributed by atoms with van der Waals surface area (Å²) >= 11 is 0. The molecule has 0 fully saturated rings. The Morgan fingerprint density at radius 2 is 2.00 bits per heavy atom. The van der Waals surface area contributed by atoms with Crippen molar-refractivity contribution >= 4 is 10.9 Å². The van der Waals surface area contributed by atoms with Crippen LogP contribution < -0.4 is 10.5 Å². The monoisotopic (exact) mass is 278 g/mol. The number of aromatic nitrogens is 1. The van der Waals surface area contributed by atoms with Crippen LogP contribution >= 0.6 is 0 Å². The molecule has 0 spiro atoms. The molecule has 3 nitrogen and oxygen atoms in total. The quantitative estimate of drug-likeness (QED) is 0.789. The third kappa shape index (κ3) is 3.03. The lowest BCUT2D eigenvalue weighted by molar-refractivity contribution is 0.479. The summed E-state index contributed by atoms with van der Waals surface area (Å²) < 4.78 is 6.02. The standard InChI is InChI=1S/C18H18N2O/c1-13-4-5-14(8-9-19)11-18(13)21-16-7-6-15-3-2-10-20-17(15)12-16/h2-7,10-12H,8-9,19H2,1H3. The Balaban J connectivity index is 1.92. The van der Waals surface area contributed by atoms with Crippen molar-refractivity contribution in [2.75, 3.05) is 6.54 Å². The van der Waals surface area contributed by atoms with Crippen LogP contribution in [0.3, 0.4) is 0 Å². The van der Waals surface area contributed by atoms with E-state index in [4.69, 9.17) is 10.5 Å². The molecule has 0 aliphatic rings. The van der Waals surface area contributed by atoms with E-state index in [1.54, 1.807) is 6.20 Å². The fourth-order valence-electron chi connectivity index (χ4n) is 2.31. The van der Waals surface area contributed by atoms with E-state index in [1.807, 2.05) is 37.3 Å². The fraction of sp³-hybridized carbons (Fsp3) is 0.167. The molecule has 1 aromatic heterocycles. The third-order valence-corrected chi connectivity index (χ3v) is 3.49. The van der Waals surface area contributed by atoms with Gasteiger partial charge in [-0.3, -0.25) is 4.98 Å². The third-order valence-electron chi connectivity index (χ3n) is 3.49. The van der Waals surface area contributed by atoms with Crippen molar-refractivity contribution in [2.45, 2.75) is 13.3 Å². The molecular weight excluding hydrogens is 260 g/mol. The lowest BCUT2D eigenvalue weighted by Crippen LogP contribution is -2.02. The highest BCUT2D eigenvalue weighted by Gasteiger charge is 2.04. The molecule has 0 aliphatic carbocycles. The number of hydrogen-bond donors (Lipinski definition) is 1. The number of nitrogens with two attached hydrogens (primary N) is 1. The van der Waals surface area contributed by atoms with Gasteiger partial charge in [0.1, 0.15) is 11.5 Å². The minimum atomic E-state index is 0.641. The van der Waals surface area contributed by atoms with E-state index >= 15 is 0 Å². The first-order valence-corrected chi connectivity index (χ1v) is 7.08. The molecule has 0 aliphatic heterocycles. The van der Waals surface area contributed by atoms with Crippen molar-refractivity contribution in [3.63, 3.8) is 0 Å². The highest BCUT2D eigenvalue weighted by atomic mass is 16.5. The van der Waals surface area contributed by atoms with Gasteiger partial charge in [0.25, 0.3) is 0 Å². The van der Waals surface area contributed by atoms with E-state index in [2.05, 4.69) is 23.2 Å². The first kappa shape index (κ1) is 13.6. The maximum absolute atomic E-state index is 6.02. The summed E-state index contributed by atoms with van der Waals surface area (Å²) in [5.74, 6) is 1.67. The van der Waals surface area contributed by atoms with Crippen molar-refractivity contribution < 1.29 is 4.74 Å². The van der Waals surface area contributed by atoms with Gasteiger partial charge in [-0.2, -0.15) is 0 Å². The summed E-state index contributed by atoms with van der Waals surface area (Å²) in [6.07, 6.45) is 2.65. The summed E-state index contributed by atoms with van der Waals surface area (Å²) in [5, 5.41) is 1.11. The number of rotatable bonds is 4. The van der Waals surface area contributed by atoms with Crippen LogP contribution in [0.5, 0.6) is 11.5 Å². The van der Waals surface area contributed by atoms with Gasteiger partial charge in [-0.1, -0.05) is 18.2 Å². The number of nitrogens with zero attached hydrogens (tertiary/aromatic N) is 1. The van der Waals surface area contributed by atoms with Crippen LogP contribution in [0.2, 0.25) is 0 Å². The van der Waals surface area contributed by atoms with Gasteiger partial charge >= 0.3 is 0 Å².